The average molecular weight is 208 g/mol. The predicted molar refractivity (Wildman–Crippen MR) is 47.0 cm³/mol. The highest BCUT2D eigenvalue weighted by atomic mass is 35.5. The van der Waals surface area contributed by atoms with Crippen molar-refractivity contribution in [2.45, 2.75) is 5.62 Å². The molecule has 0 fully saturated rings. The van der Waals surface area contributed by atoms with E-state index in [-0.39, 0.29) is 0 Å². The van der Waals surface area contributed by atoms with Crippen molar-refractivity contribution in [2.24, 2.45) is 4.99 Å². The maximum atomic E-state index is 5.82. The number of rotatable bonds is 0. The van der Waals surface area contributed by atoms with Crippen LogP contribution in [0.5, 0.6) is 0 Å². The van der Waals surface area contributed by atoms with Gasteiger partial charge in [-0.3, -0.25) is 4.99 Å². The number of nitrogens with one attached hydrogen (secondary N) is 2. The minimum Gasteiger partial charge on any atom is -0.485 e. The molecule has 6 heteroatoms. The first-order valence-corrected chi connectivity index (χ1v) is 4.33. The van der Waals surface area contributed by atoms with Gasteiger partial charge in [-0.25, -0.2) is 0 Å². The molecule has 2 aliphatic heterocycles. The number of nitrogens with zero attached hydrogens (tertiary/aromatic N) is 1. The molecule has 0 spiro atoms. The van der Waals surface area contributed by atoms with Crippen LogP contribution in [0.3, 0.4) is 0 Å². The molecule has 2 rings (SSSR count). The molecule has 2 heterocycles. The highest BCUT2D eigenvalue weighted by Crippen LogP contribution is 2.17. The largest absolute Gasteiger partial charge is 0.485 e. The summed E-state index contributed by atoms with van der Waals surface area (Å²) in [5.74, 6) is 1.19. The number of amidine groups is 1. The first-order valence-electron chi connectivity index (χ1n) is 3.52. The Bertz CT molecular complexity index is 264. The quantitative estimate of drug-likeness (QED) is 0.451. The molecular formula is C6H7Cl2N3O. The van der Waals surface area contributed by atoms with E-state index in [2.05, 4.69) is 15.6 Å². The summed E-state index contributed by atoms with van der Waals surface area (Å²) >= 11 is 11.6. The molecule has 0 bridgehead atoms. The summed E-state index contributed by atoms with van der Waals surface area (Å²) in [6, 6.07) is 0. The summed E-state index contributed by atoms with van der Waals surface area (Å²) in [5.41, 5.74) is -0.415. The van der Waals surface area contributed by atoms with Crippen molar-refractivity contribution in [3.63, 3.8) is 0 Å². The van der Waals surface area contributed by atoms with Gasteiger partial charge in [0, 0.05) is 0 Å². The van der Waals surface area contributed by atoms with Crippen LogP contribution in [0.25, 0.3) is 0 Å². The molecular weight excluding hydrogens is 201 g/mol. The third-order valence-electron chi connectivity index (χ3n) is 1.54. The van der Waals surface area contributed by atoms with Gasteiger partial charge in [0.2, 0.25) is 0 Å². The van der Waals surface area contributed by atoms with Crippen LogP contribution >= 0.6 is 23.2 Å². The summed E-state index contributed by atoms with van der Waals surface area (Å²) < 4.78 is 5.28. The Morgan fingerprint density at radius 3 is 3.17 bits per heavy atom. The third-order valence-corrected chi connectivity index (χ3v) is 2.04. The topological polar surface area (TPSA) is 45.6 Å². The monoisotopic (exact) mass is 207 g/mol. The molecule has 0 saturated heterocycles. The Morgan fingerprint density at radius 2 is 2.33 bits per heavy atom. The Balaban J connectivity index is 2.33. The van der Waals surface area contributed by atoms with Gasteiger partial charge in [0.05, 0.1) is 6.54 Å². The number of hydrogen-bond acceptors (Lipinski definition) is 4. The average Bonchev–Trinajstić information content (AvgIpc) is 2.04. The Morgan fingerprint density at radius 1 is 1.50 bits per heavy atom. The maximum Gasteiger partial charge on any atom is 0.196 e. The lowest BCUT2D eigenvalue weighted by molar-refractivity contribution is 0.222. The standard InChI is InChI=1S/C6H7Cl2N3O/c7-4-3-5(9-1-2-12-3)11-6(8)10-4/h6,10H,1-2H2,(H,9,11). The summed E-state index contributed by atoms with van der Waals surface area (Å²) in [5, 5.41) is 6.07. The fourth-order valence-corrected chi connectivity index (χ4v) is 1.58. The molecule has 2 aliphatic rings. The van der Waals surface area contributed by atoms with Crippen LogP contribution in [-0.2, 0) is 4.74 Å². The molecule has 2 N–H and O–H groups in total. The van der Waals surface area contributed by atoms with E-state index in [1.165, 1.54) is 0 Å². The fourth-order valence-electron chi connectivity index (χ4n) is 1.06. The molecule has 0 radical (unpaired) electrons. The molecule has 0 aromatic heterocycles. The number of ether oxygens (including phenoxy) is 1. The molecule has 4 nitrogen and oxygen atoms in total. The van der Waals surface area contributed by atoms with Gasteiger partial charge >= 0.3 is 0 Å². The molecule has 0 amide bonds. The number of fused-ring (bicyclic) bond motifs is 1. The van der Waals surface area contributed by atoms with E-state index < -0.39 is 5.62 Å². The van der Waals surface area contributed by atoms with Gasteiger partial charge < -0.3 is 15.4 Å². The van der Waals surface area contributed by atoms with E-state index >= 15 is 0 Å². The van der Waals surface area contributed by atoms with Crippen molar-refractivity contribution >= 4 is 29.0 Å². The summed E-state index contributed by atoms with van der Waals surface area (Å²) in [4.78, 5) is 4.17. The second-order valence-corrected chi connectivity index (χ2v) is 3.19. The lowest BCUT2D eigenvalue weighted by atomic mass is 10.4. The number of halogens is 2. The zero-order chi connectivity index (χ0) is 8.55. The SMILES string of the molecule is ClC1=C2OCCN=C2NC(Cl)N1. The van der Waals surface area contributed by atoms with E-state index in [0.717, 1.165) is 0 Å². The highest BCUT2D eigenvalue weighted by Gasteiger charge is 2.25. The lowest BCUT2D eigenvalue weighted by Crippen LogP contribution is -2.48. The van der Waals surface area contributed by atoms with Gasteiger partial charge in [-0.15, -0.1) is 0 Å². The van der Waals surface area contributed by atoms with Gasteiger partial charge in [0.15, 0.2) is 22.4 Å². The van der Waals surface area contributed by atoms with Crippen LogP contribution in [0.1, 0.15) is 0 Å². The first-order chi connectivity index (χ1) is 5.77. The molecule has 66 valence electrons. The Labute approximate surface area is 79.6 Å². The van der Waals surface area contributed by atoms with Crippen molar-refractivity contribution in [1.29, 1.82) is 0 Å². The molecule has 12 heavy (non-hydrogen) atoms. The smallest absolute Gasteiger partial charge is 0.196 e. The normalized spacial score (nSPS) is 27.8. The number of alkyl halides is 1. The maximum absolute atomic E-state index is 5.82. The van der Waals surface area contributed by atoms with E-state index in [0.29, 0.717) is 29.9 Å². The van der Waals surface area contributed by atoms with Crippen molar-refractivity contribution in [3.05, 3.63) is 10.9 Å². The summed E-state index contributed by atoms with van der Waals surface area (Å²) in [6.07, 6.45) is 0. The van der Waals surface area contributed by atoms with Crippen LogP contribution in [-0.4, -0.2) is 24.6 Å². The van der Waals surface area contributed by atoms with Crippen molar-refractivity contribution in [1.82, 2.24) is 10.6 Å². The van der Waals surface area contributed by atoms with Crippen molar-refractivity contribution in [2.75, 3.05) is 13.2 Å². The van der Waals surface area contributed by atoms with E-state index in [1.54, 1.807) is 0 Å². The van der Waals surface area contributed by atoms with Gasteiger partial charge in [-0.05, 0) is 0 Å². The number of hydrogen-bond donors (Lipinski definition) is 2. The number of aliphatic imine (C=N–C) groups is 1. The second-order valence-electron chi connectivity index (χ2n) is 2.37. The lowest BCUT2D eigenvalue weighted by Gasteiger charge is -2.27. The minimum atomic E-state index is -0.415. The van der Waals surface area contributed by atoms with E-state index in [1.807, 2.05) is 0 Å². The molecule has 0 aliphatic carbocycles. The highest BCUT2D eigenvalue weighted by molar-refractivity contribution is 6.33. The van der Waals surface area contributed by atoms with E-state index in [4.69, 9.17) is 27.9 Å². The fraction of sp³-hybridized carbons (Fsp3) is 0.500. The van der Waals surface area contributed by atoms with Crippen LogP contribution in [0.15, 0.2) is 15.9 Å². The van der Waals surface area contributed by atoms with Crippen molar-refractivity contribution < 1.29 is 4.74 Å². The van der Waals surface area contributed by atoms with E-state index in [9.17, 15) is 0 Å². The first kappa shape index (κ1) is 8.01. The Kier molecular flexibility index (Phi) is 2.02. The van der Waals surface area contributed by atoms with Gasteiger partial charge in [-0.1, -0.05) is 23.2 Å². The summed E-state index contributed by atoms with van der Waals surface area (Å²) in [7, 11) is 0. The molecule has 1 atom stereocenters. The third kappa shape index (κ3) is 1.32. The zero-order valence-corrected chi connectivity index (χ0v) is 7.61. The van der Waals surface area contributed by atoms with Gasteiger partial charge in [0.25, 0.3) is 0 Å². The molecule has 0 aromatic rings. The Hall–Kier alpha value is -0.610. The molecule has 0 saturated carbocycles. The van der Waals surface area contributed by atoms with Crippen molar-refractivity contribution in [3.8, 4) is 0 Å². The second kappa shape index (κ2) is 3.03. The van der Waals surface area contributed by atoms with Gasteiger partial charge in [-0.2, -0.15) is 0 Å². The van der Waals surface area contributed by atoms with Crippen LogP contribution in [0.2, 0.25) is 0 Å². The van der Waals surface area contributed by atoms with Crippen LogP contribution in [0, 0.1) is 0 Å². The predicted octanol–water partition coefficient (Wildman–Crippen LogP) is 0.538. The van der Waals surface area contributed by atoms with Crippen LogP contribution in [0.4, 0.5) is 0 Å². The summed E-state index contributed by atoms with van der Waals surface area (Å²) in [6.45, 7) is 1.20. The zero-order valence-electron chi connectivity index (χ0n) is 6.10. The minimum absolute atomic E-state index is 0.409. The molecule has 0 aromatic carbocycles. The van der Waals surface area contributed by atoms with Crippen LogP contribution < -0.4 is 10.6 Å². The van der Waals surface area contributed by atoms with Gasteiger partial charge in [0.1, 0.15) is 6.61 Å². The molecule has 1 unspecified atom stereocenters.